The van der Waals surface area contributed by atoms with E-state index >= 15 is 0 Å². The SMILES string of the molecule is O=[N+]([O-])n1ccnc1.c1ccc2[nH]cnc2c1. The number of aromatic nitrogens is 4. The van der Waals surface area contributed by atoms with Crippen molar-refractivity contribution in [2.24, 2.45) is 0 Å². The molecule has 0 amide bonds. The number of fused-ring (bicyclic) bond motifs is 1. The molecule has 3 rings (SSSR count). The Morgan fingerprint density at radius 3 is 2.76 bits per heavy atom. The number of H-pyrrole nitrogens is 1. The van der Waals surface area contributed by atoms with E-state index in [9.17, 15) is 10.1 Å². The summed E-state index contributed by atoms with van der Waals surface area (Å²) >= 11 is 0. The Hall–Kier alpha value is -2.70. The Labute approximate surface area is 95.9 Å². The molecule has 0 unspecified atom stereocenters. The summed E-state index contributed by atoms with van der Waals surface area (Å²) in [7, 11) is 0. The maximum Gasteiger partial charge on any atom is 0.170 e. The number of hydrogen-bond donors (Lipinski definition) is 1. The second-order valence-electron chi connectivity index (χ2n) is 3.10. The van der Waals surface area contributed by atoms with Gasteiger partial charge in [-0.3, -0.25) is 0 Å². The van der Waals surface area contributed by atoms with Gasteiger partial charge in [-0.15, -0.1) is 0 Å². The molecule has 0 aliphatic heterocycles. The number of aromatic amines is 1. The van der Waals surface area contributed by atoms with Crippen LogP contribution < -0.4 is 0 Å². The minimum absolute atomic E-state index is 0.562. The first kappa shape index (κ1) is 10.8. The molecule has 0 radical (unpaired) electrons. The van der Waals surface area contributed by atoms with Gasteiger partial charge >= 0.3 is 0 Å². The molecular formula is C10H9N5O2. The van der Waals surface area contributed by atoms with Crippen LogP contribution >= 0.6 is 0 Å². The largest absolute Gasteiger partial charge is 0.345 e. The summed E-state index contributed by atoms with van der Waals surface area (Å²) in [4.78, 5) is 20.3. The first-order valence-corrected chi connectivity index (χ1v) is 4.78. The van der Waals surface area contributed by atoms with Crippen LogP contribution in [-0.2, 0) is 0 Å². The third-order valence-electron chi connectivity index (χ3n) is 2.01. The highest BCUT2D eigenvalue weighted by molar-refractivity contribution is 5.73. The highest BCUT2D eigenvalue weighted by Crippen LogP contribution is 2.05. The molecule has 0 saturated heterocycles. The van der Waals surface area contributed by atoms with E-state index in [2.05, 4.69) is 15.0 Å². The molecule has 86 valence electrons. The third-order valence-corrected chi connectivity index (χ3v) is 2.01. The predicted octanol–water partition coefficient (Wildman–Crippen LogP) is 1.49. The van der Waals surface area contributed by atoms with Crippen LogP contribution in [0.1, 0.15) is 0 Å². The van der Waals surface area contributed by atoms with Gasteiger partial charge in [-0.2, -0.15) is 0 Å². The van der Waals surface area contributed by atoms with E-state index in [1.807, 2.05) is 24.3 Å². The van der Waals surface area contributed by atoms with Crippen molar-refractivity contribution in [1.82, 2.24) is 19.6 Å². The van der Waals surface area contributed by atoms with E-state index in [0.717, 1.165) is 22.0 Å². The lowest BCUT2D eigenvalue weighted by molar-refractivity contribution is -0.542. The molecule has 0 saturated carbocycles. The fraction of sp³-hybridized carbons (Fsp3) is 0. The average molecular weight is 231 g/mol. The Bertz CT molecular complexity index is 572. The van der Waals surface area contributed by atoms with Gasteiger partial charge < -0.3 is 4.98 Å². The van der Waals surface area contributed by atoms with E-state index in [1.165, 1.54) is 12.4 Å². The summed E-state index contributed by atoms with van der Waals surface area (Å²) in [5.41, 5.74) is 2.12. The van der Waals surface area contributed by atoms with E-state index in [-0.39, 0.29) is 0 Å². The molecule has 1 aromatic carbocycles. The van der Waals surface area contributed by atoms with Crippen molar-refractivity contribution in [3.63, 3.8) is 0 Å². The van der Waals surface area contributed by atoms with Gasteiger partial charge in [-0.1, -0.05) is 16.8 Å². The smallest absolute Gasteiger partial charge is 0.170 e. The molecular weight excluding hydrogens is 222 g/mol. The topological polar surface area (TPSA) is 89.6 Å². The average Bonchev–Trinajstić information content (AvgIpc) is 3.01. The quantitative estimate of drug-likeness (QED) is 0.507. The van der Waals surface area contributed by atoms with E-state index in [1.54, 1.807) is 6.33 Å². The summed E-state index contributed by atoms with van der Waals surface area (Å²) < 4.78 is 0.778. The van der Waals surface area contributed by atoms with Crippen LogP contribution in [0.15, 0.2) is 49.3 Å². The van der Waals surface area contributed by atoms with Crippen molar-refractivity contribution in [2.45, 2.75) is 0 Å². The van der Waals surface area contributed by atoms with Crippen molar-refractivity contribution in [1.29, 1.82) is 0 Å². The molecule has 0 aliphatic rings. The van der Waals surface area contributed by atoms with E-state index in [4.69, 9.17) is 0 Å². The lowest BCUT2D eigenvalue weighted by atomic mass is 10.3. The minimum Gasteiger partial charge on any atom is -0.345 e. The third kappa shape index (κ3) is 2.65. The van der Waals surface area contributed by atoms with Crippen LogP contribution in [0.25, 0.3) is 11.0 Å². The van der Waals surface area contributed by atoms with Crippen LogP contribution in [-0.4, -0.2) is 24.7 Å². The van der Waals surface area contributed by atoms with Crippen molar-refractivity contribution in [2.75, 3.05) is 0 Å². The molecule has 17 heavy (non-hydrogen) atoms. The van der Waals surface area contributed by atoms with Gasteiger partial charge in [0.1, 0.15) is 0 Å². The van der Waals surface area contributed by atoms with E-state index < -0.39 is 5.03 Å². The van der Waals surface area contributed by atoms with Crippen molar-refractivity contribution in [3.8, 4) is 0 Å². The summed E-state index contributed by atoms with van der Waals surface area (Å²) in [6, 6.07) is 7.94. The van der Waals surface area contributed by atoms with Crippen molar-refractivity contribution >= 4 is 11.0 Å². The van der Waals surface area contributed by atoms with Gasteiger partial charge in [-0.25, -0.2) is 20.1 Å². The molecule has 7 heteroatoms. The standard InChI is InChI=1S/C7H6N2.C3H3N3O2/c1-2-4-7-6(3-1)8-5-9-7;7-6(8)5-2-1-4-3-5/h1-5H,(H,8,9);1-3H. The summed E-state index contributed by atoms with van der Waals surface area (Å²) in [6.07, 6.45) is 5.44. The maximum absolute atomic E-state index is 9.79. The number of benzene rings is 1. The van der Waals surface area contributed by atoms with Crippen LogP contribution in [0.5, 0.6) is 0 Å². The summed E-state index contributed by atoms with van der Waals surface area (Å²) in [5.74, 6) is 0. The lowest BCUT2D eigenvalue weighted by Gasteiger charge is -1.81. The van der Waals surface area contributed by atoms with Gasteiger partial charge in [0.2, 0.25) is 0 Å². The number of nitrogens with zero attached hydrogens (tertiary/aromatic N) is 4. The second-order valence-corrected chi connectivity index (χ2v) is 3.10. The zero-order valence-corrected chi connectivity index (χ0v) is 8.72. The zero-order chi connectivity index (χ0) is 12.1. The number of nitrogens with one attached hydrogen (secondary N) is 1. The highest BCUT2D eigenvalue weighted by atomic mass is 16.7. The Morgan fingerprint density at radius 2 is 2.18 bits per heavy atom. The monoisotopic (exact) mass is 231 g/mol. The number of hydrogen-bond acceptors (Lipinski definition) is 4. The fourth-order valence-electron chi connectivity index (χ4n) is 1.23. The molecule has 0 atom stereocenters. The molecule has 7 nitrogen and oxygen atoms in total. The maximum atomic E-state index is 9.79. The van der Waals surface area contributed by atoms with Gasteiger partial charge in [-0.05, 0) is 12.1 Å². The lowest BCUT2D eigenvalue weighted by Crippen LogP contribution is -2.04. The normalized spacial score (nSPS) is 9.65. The number of para-hydroxylation sites is 2. The van der Waals surface area contributed by atoms with Gasteiger partial charge in [0.25, 0.3) is 0 Å². The summed E-state index contributed by atoms with van der Waals surface area (Å²) in [6.45, 7) is 0. The van der Waals surface area contributed by atoms with E-state index in [0.29, 0.717) is 0 Å². The fourth-order valence-corrected chi connectivity index (χ4v) is 1.23. The Kier molecular flexibility index (Phi) is 3.10. The Balaban J connectivity index is 0.000000128. The van der Waals surface area contributed by atoms with Crippen LogP contribution in [0.3, 0.4) is 0 Å². The first-order valence-electron chi connectivity index (χ1n) is 4.78. The van der Waals surface area contributed by atoms with Crippen molar-refractivity contribution < 1.29 is 5.03 Å². The van der Waals surface area contributed by atoms with Gasteiger partial charge in [0.15, 0.2) is 11.4 Å². The molecule has 2 heterocycles. The molecule has 2 aromatic heterocycles. The molecule has 1 N–H and O–H groups in total. The molecule has 0 aliphatic carbocycles. The molecule has 0 bridgehead atoms. The predicted molar refractivity (Wildman–Crippen MR) is 60.7 cm³/mol. The van der Waals surface area contributed by atoms with Crippen molar-refractivity contribution in [3.05, 3.63) is 59.4 Å². The van der Waals surface area contributed by atoms with Gasteiger partial charge in [0.05, 0.1) is 29.8 Å². The number of nitro groups is 1. The molecule has 0 spiro atoms. The minimum atomic E-state index is -0.562. The first-order chi connectivity index (χ1) is 8.27. The summed E-state index contributed by atoms with van der Waals surface area (Å²) in [5, 5.41) is 9.23. The Morgan fingerprint density at radius 1 is 1.35 bits per heavy atom. The van der Waals surface area contributed by atoms with Crippen LogP contribution in [0, 0.1) is 10.1 Å². The zero-order valence-electron chi connectivity index (χ0n) is 8.72. The van der Waals surface area contributed by atoms with Crippen LogP contribution in [0.2, 0.25) is 0 Å². The van der Waals surface area contributed by atoms with Gasteiger partial charge in [0, 0.05) is 0 Å². The molecule has 0 fully saturated rings. The molecule has 3 aromatic rings. The number of imidazole rings is 2. The van der Waals surface area contributed by atoms with Crippen LogP contribution in [0.4, 0.5) is 0 Å². The second kappa shape index (κ2) is 4.88. The number of rotatable bonds is 1. The highest BCUT2D eigenvalue weighted by Gasteiger charge is 1.94.